The molecule has 0 amide bonds. The van der Waals surface area contributed by atoms with E-state index in [4.69, 9.17) is 9.47 Å². The fourth-order valence-corrected chi connectivity index (χ4v) is 1.31. The summed E-state index contributed by atoms with van der Waals surface area (Å²) in [5.74, 6) is -0.672. The standard InChI is InChI=1S/C15H20O5/c1-6-13(15(17)19-5)12(10-11(3)18-4)8-9-14(16)20-7-2/h6,8-10H,3,7H2,1-2,4-5H3/b9-8+,12-10-,13-6+. The second-order valence-corrected chi connectivity index (χ2v) is 3.55. The van der Waals surface area contributed by atoms with Crippen LogP contribution in [0.25, 0.3) is 0 Å². The molecule has 0 heterocycles. The Balaban J connectivity index is 5.40. The molecule has 0 aliphatic heterocycles. The molecule has 0 aliphatic carbocycles. The Morgan fingerprint density at radius 3 is 2.25 bits per heavy atom. The van der Waals surface area contributed by atoms with Gasteiger partial charge < -0.3 is 14.2 Å². The van der Waals surface area contributed by atoms with E-state index in [2.05, 4.69) is 11.3 Å². The van der Waals surface area contributed by atoms with Crippen molar-refractivity contribution in [2.75, 3.05) is 20.8 Å². The van der Waals surface area contributed by atoms with Crippen LogP contribution in [0.4, 0.5) is 0 Å². The smallest absolute Gasteiger partial charge is 0.338 e. The molecule has 0 fully saturated rings. The number of esters is 2. The highest BCUT2D eigenvalue weighted by atomic mass is 16.5. The van der Waals surface area contributed by atoms with Crippen LogP contribution < -0.4 is 0 Å². The minimum absolute atomic E-state index is 0.278. The number of rotatable bonds is 7. The zero-order valence-corrected chi connectivity index (χ0v) is 12.3. The molecule has 0 radical (unpaired) electrons. The van der Waals surface area contributed by atoms with E-state index in [-0.39, 0.29) is 6.61 Å². The minimum atomic E-state index is -0.517. The largest absolute Gasteiger partial charge is 0.497 e. The van der Waals surface area contributed by atoms with E-state index in [1.54, 1.807) is 19.9 Å². The highest BCUT2D eigenvalue weighted by Gasteiger charge is 2.13. The number of carbonyl (C=O) groups is 2. The van der Waals surface area contributed by atoms with Crippen LogP contribution >= 0.6 is 0 Å². The van der Waals surface area contributed by atoms with Gasteiger partial charge in [0.2, 0.25) is 0 Å². The molecule has 0 rings (SSSR count). The molecule has 0 N–H and O–H groups in total. The number of ether oxygens (including phenoxy) is 3. The van der Waals surface area contributed by atoms with Crippen LogP contribution in [-0.4, -0.2) is 32.8 Å². The summed E-state index contributed by atoms with van der Waals surface area (Å²) in [4.78, 5) is 23.0. The highest BCUT2D eigenvalue weighted by Crippen LogP contribution is 2.16. The molecule has 0 spiro atoms. The minimum Gasteiger partial charge on any atom is -0.497 e. The van der Waals surface area contributed by atoms with E-state index in [1.807, 2.05) is 0 Å². The molecule has 5 nitrogen and oxygen atoms in total. The van der Waals surface area contributed by atoms with Crippen molar-refractivity contribution >= 4 is 11.9 Å². The zero-order chi connectivity index (χ0) is 15.5. The monoisotopic (exact) mass is 280 g/mol. The van der Waals surface area contributed by atoms with Gasteiger partial charge in [0.15, 0.2) is 0 Å². The van der Waals surface area contributed by atoms with Gasteiger partial charge in [-0.05, 0) is 31.6 Å². The average Bonchev–Trinajstić information content (AvgIpc) is 2.44. The Labute approximate surface area is 119 Å². The lowest BCUT2D eigenvalue weighted by atomic mass is 10.0. The van der Waals surface area contributed by atoms with Gasteiger partial charge in [-0.1, -0.05) is 12.7 Å². The lowest BCUT2D eigenvalue weighted by molar-refractivity contribution is -0.137. The molecule has 0 aromatic carbocycles. The lowest BCUT2D eigenvalue weighted by Crippen LogP contribution is -2.07. The third-order valence-corrected chi connectivity index (χ3v) is 2.27. The van der Waals surface area contributed by atoms with Gasteiger partial charge in [-0.15, -0.1) is 0 Å². The van der Waals surface area contributed by atoms with Crippen LogP contribution in [0.5, 0.6) is 0 Å². The summed E-state index contributed by atoms with van der Waals surface area (Å²) in [6.07, 6.45) is 5.79. The molecule has 0 atom stereocenters. The second-order valence-electron chi connectivity index (χ2n) is 3.55. The number of hydrogen-bond donors (Lipinski definition) is 0. The van der Waals surface area contributed by atoms with Gasteiger partial charge in [0.25, 0.3) is 0 Å². The Bertz CT molecular complexity index is 455. The van der Waals surface area contributed by atoms with Crippen molar-refractivity contribution in [2.24, 2.45) is 0 Å². The Hall–Kier alpha value is -2.30. The molecule has 0 unspecified atom stereocenters. The van der Waals surface area contributed by atoms with E-state index >= 15 is 0 Å². The Morgan fingerprint density at radius 1 is 1.15 bits per heavy atom. The van der Waals surface area contributed by atoms with Crippen LogP contribution in [0.2, 0.25) is 0 Å². The summed E-state index contributed by atoms with van der Waals surface area (Å²) in [6.45, 7) is 7.33. The van der Waals surface area contributed by atoms with Crippen molar-refractivity contribution in [2.45, 2.75) is 13.8 Å². The second kappa shape index (κ2) is 9.61. The maximum atomic E-state index is 11.7. The maximum Gasteiger partial charge on any atom is 0.338 e. The van der Waals surface area contributed by atoms with E-state index < -0.39 is 11.9 Å². The molecule has 0 saturated heterocycles. The van der Waals surface area contributed by atoms with Gasteiger partial charge in [0.05, 0.1) is 26.4 Å². The van der Waals surface area contributed by atoms with Crippen molar-refractivity contribution in [1.82, 2.24) is 0 Å². The average molecular weight is 280 g/mol. The van der Waals surface area contributed by atoms with Crippen molar-refractivity contribution in [1.29, 1.82) is 0 Å². The predicted molar refractivity (Wildman–Crippen MR) is 75.8 cm³/mol. The molecular weight excluding hydrogens is 260 g/mol. The first kappa shape index (κ1) is 17.7. The van der Waals surface area contributed by atoms with E-state index in [0.29, 0.717) is 16.9 Å². The number of methoxy groups -OCH3 is 2. The summed E-state index contributed by atoms with van der Waals surface area (Å²) in [5.41, 5.74) is 0.741. The number of hydrogen-bond acceptors (Lipinski definition) is 5. The van der Waals surface area contributed by atoms with Crippen LogP contribution in [0.3, 0.4) is 0 Å². The maximum absolute atomic E-state index is 11.7. The fourth-order valence-electron chi connectivity index (χ4n) is 1.31. The molecule has 110 valence electrons. The topological polar surface area (TPSA) is 61.8 Å². The number of allylic oxidation sites excluding steroid dienone is 3. The van der Waals surface area contributed by atoms with Crippen molar-refractivity contribution < 1.29 is 23.8 Å². The van der Waals surface area contributed by atoms with Crippen LogP contribution in [0, 0.1) is 0 Å². The first-order valence-electron chi connectivity index (χ1n) is 6.04. The van der Waals surface area contributed by atoms with Gasteiger partial charge >= 0.3 is 11.9 Å². The molecule has 0 aromatic rings. The quantitative estimate of drug-likeness (QED) is 0.310. The lowest BCUT2D eigenvalue weighted by Gasteiger charge is -2.07. The first-order valence-corrected chi connectivity index (χ1v) is 6.04. The van der Waals surface area contributed by atoms with Crippen LogP contribution in [-0.2, 0) is 23.8 Å². The molecule has 0 bridgehead atoms. The first-order chi connectivity index (χ1) is 9.49. The van der Waals surface area contributed by atoms with Crippen LogP contribution in [0.1, 0.15) is 13.8 Å². The van der Waals surface area contributed by atoms with E-state index in [1.165, 1.54) is 32.4 Å². The van der Waals surface area contributed by atoms with E-state index in [9.17, 15) is 9.59 Å². The van der Waals surface area contributed by atoms with Crippen molar-refractivity contribution in [3.05, 3.63) is 47.8 Å². The third-order valence-electron chi connectivity index (χ3n) is 2.27. The predicted octanol–water partition coefficient (Wildman–Crippen LogP) is 2.31. The van der Waals surface area contributed by atoms with Crippen molar-refractivity contribution in [3.8, 4) is 0 Å². The van der Waals surface area contributed by atoms with Crippen LogP contribution in [0.15, 0.2) is 47.8 Å². The van der Waals surface area contributed by atoms with Gasteiger partial charge in [-0.3, -0.25) is 0 Å². The zero-order valence-electron chi connectivity index (χ0n) is 12.3. The van der Waals surface area contributed by atoms with Crippen molar-refractivity contribution in [3.63, 3.8) is 0 Å². The van der Waals surface area contributed by atoms with E-state index in [0.717, 1.165) is 0 Å². The molecule has 5 heteroatoms. The molecule has 20 heavy (non-hydrogen) atoms. The SMILES string of the molecule is C=C(/C=C(/C=C/C(=O)OCC)C(=C/C)\C(=O)OC)OC. The summed E-state index contributed by atoms with van der Waals surface area (Å²) in [7, 11) is 2.74. The Kier molecular flexibility index (Phi) is 8.50. The molecule has 0 aromatic heterocycles. The summed E-state index contributed by atoms with van der Waals surface area (Å²) in [6, 6.07) is 0. The Morgan fingerprint density at radius 2 is 1.80 bits per heavy atom. The van der Waals surface area contributed by atoms with Gasteiger partial charge in [0, 0.05) is 6.08 Å². The summed E-state index contributed by atoms with van der Waals surface area (Å²) < 4.78 is 14.4. The van der Waals surface area contributed by atoms with Gasteiger partial charge in [0.1, 0.15) is 5.76 Å². The molecule has 0 saturated carbocycles. The molecule has 0 aliphatic rings. The summed E-state index contributed by atoms with van der Waals surface area (Å²) in [5, 5.41) is 0. The normalized spacial score (nSPS) is 12.2. The summed E-state index contributed by atoms with van der Waals surface area (Å²) >= 11 is 0. The van der Waals surface area contributed by atoms with Gasteiger partial charge in [-0.25, -0.2) is 9.59 Å². The van der Waals surface area contributed by atoms with Gasteiger partial charge in [-0.2, -0.15) is 0 Å². The highest BCUT2D eigenvalue weighted by molar-refractivity contribution is 5.95. The number of carbonyl (C=O) groups excluding carboxylic acids is 2. The fraction of sp³-hybridized carbons (Fsp3) is 0.333. The third kappa shape index (κ3) is 6.04. The molecular formula is C15H20O5.